The minimum absolute atomic E-state index is 0.0751. The topological polar surface area (TPSA) is 46.2 Å². The quantitative estimate of drug-likeness (QED) is 0.523. The Bertz CT molecular complexity index is 821. The molecule has 0 spiro atoms. The molecule has 0 aromatic heterocycles. The van der Waals surface area contributed by atoms with Crippen LogP contribution in [-0.2, 0) is 16.4 Å². The molecule has 25 heavy (non-hydrogen) atoms. The van der Waals surface area contributed by atoms with Crippen LogP contribution in [-0.4, -0.2) is 8.42 Å². The first-order valence-electron chi connectivity index (χ1n) is 8.10. The molecular weight excluding hydrogens is 351 g/mol. The minimum atomic E-state index is -4.09. The van der Waals surface area contributed by atoms with Crippen LogP contribution < -0.4 is 4.72 Å². The molecule has 0 atom stereocenters. The summed E-state index contributed by atoms with van der Waals surface area (Å²) in [5, 5.41) is 0. The van der Waals surface area contributed by atoms with Gasteiger partial charge in [0, 0.05) is 0 Å². The van der Waals surface area contributed by atoms with Crippen LogP contribution in [0.2, 0.25) is 0 Å². The summed E-state index contributed by atoms with van der Waals surface area (Å²) in [7, 11) is -4.09. The molecule has 2 rings (SSSR count). The Morgan fingerprint density at radius 3 is 2.20 bits per heavy atom. The summed E-state index contributed by atoms with van der Waals surface area (Å²) in [6, 6.07) is 7.72. The molecule has 0 fully saturated rings. The van der Waals surface area contributed by atoms with Crippen LogP contribution in [0.3, 0.4) is 0 Å². The lowest BCUT2D eigenvalue weighted by Gasteiger charge is -2.10. The van der Waals surface area contributed by atoms with Gasteiger partial charge in [-0.15, -0.1) is 0 Å². The Morgan fingerprint density at radius 1 is 0.880 bits per heavy atom. The Morgan fingerprint density at radius 2 is 1.56 bits per heavy atom. The summed E-state index contributed by atoms with van der Waals surface area (Å²) in [4.78, 5) is -0.0751. The van der Waals surface area contributed by atoms with Gasteiger partial charge in [0.15, 0.2) is 17.5 Å². The number of benzene rings is 2. The smallest absolute Gasteiger partial charge is 0.261 e. The first kappa shape index (κ1) is 19.3. The van der Waals surface area contributed by atoms with Gasteiger partial charge < -0.3 is 0 Å². The van der Waals surface area contributed by atoms with Crippen molar-refractivity contribution >= 4 is 15.7 Å². The number of nitrogens with one attached hydrogen (secondary N) is 1. The molecule has 0 bridgehead atoms. The van der Waals surface area contributed by atoms with Gasteiger partial charge in [0.05, 0.1) is 10.6 Å². The van der Waals surface area contributed by atoms with E-state index in [1.807, 2.05) is 4.72 Å². The fraction of sp³-hybridized carbons (Fsp3) is 0.333. The number of hydrogen-bond donors (Lipinski definition) is 1. The molecule has 0 radical (unpaired) electrons. The van der Waals surface area contributed by atoms with Crippen LogP contribution >= 0.6 is 0 Å². The third-order valence-corrected chi connectivity index (χ3v) is 5.21. The van der Waals surface area contributed by atoms with E-state index in [0.717, 1.165) is 43.7 Å². The molecule has 0 unspecified atom stereocenters. The molecule has 0 heterocycles. The monoisotopic (exact) mass is 371 g/mol. The predicted molar refractivity (Wildman–Crippen MR) is 91.4 cm³/mol. The fourth-order valence-corrected chi connectivity index (χ4v) is 3.46. The highest BCUT2D eigenvalue weighted by Gasteiger charge is 2.19. The van der Waals surface area contributed by atoms with Crippen molar-refractivity contribution < 1.29 is 21.6 Å². The van der Waals surface area contributed by atoms with Crippen molar-refractivity contribution in [2.75, 3.05) is 4.72 Å². The van der Waals surface area contributed by atoms with Crippen molar-refractivity contribution in [2.45, 2.75) is 43.9 Å². The molecule has 2 aromatic rings. The van der Waals surface area contributed by atoms with E-state index < -0.39 is 33.2 Å². The van der Waals surface area contributed by atoms with E-state index in [4.69, 9.17) is 0 Å². The Labute approximate surface area is 145 Å². The van der Waals surface area contributed by atoms with E-state index in [1.165, 1.54) is 12.1 Å². The second-order valence-electron chi connectivity index (χ2n) is 5.78. The van der Waals surface area contributed by atoms with Gasteiger partial charge in [-0.05, 0) is 42.7 Å². The third kappa shape index (κ3) is 4.98. The molecule has 0 aliphatic carbocycles. The van der Waals surface area contributed by atoms with Crippen molar-refractivity contribution in [3.63, 3.8) is 0 Å². The van der Waals surface area contributed by atoms with E-state index in [2.05, 4.69) is 6.92 Å². The maximum Gasteiger partial charge on any atom is 0.261 e. The Balaban J connectivity index is 2.11. The average Bonchev–Trinajstić information content (AvgIpc) is 2.60. The van der Waals surface area contributed by atoms with E-state index in [0.29, 0.717) is 6.07 Å². The van der Waals surface area contributed by atoms with E-state index in [9.17, 15) is 21.6 Å². The van der Waals surface area contributed by atoms with E-state index in [1.54, 1.807) is 12.1 Å². The van der Waals surface area contributed by atoms with Crippen LogP contribution in [0.4, 0.5) is 18.9 Å². The fourth-order valence-electron chi connectivity index (χ4n) is 2.40. The maximum atomic E-state index is 13.6. The van der Waals surface area contributed by atoms with Gasteiger partial charge >= 0.3 is 0 Å². The number of rotatable bonds is 8. The zero-order valence-corrected chi connectivity index (χ0v) is 14.7. The van der Waals surface area contributed by atoms with Crippen molar-refractivity contribution in [1.29, 1.82) is 0 Å². The molecule has 0 amide bonds. The summed E-state index contributed by atoms with van der Waals surface area (Å²) >= 11 is 0. The zero-order valence-electron chi connectivity index (χ0n) is 13.9. The van der Waals surface area contributed by atoms with Crippen molar-refractivity contribution in [1.82, 2.24) is 0 Å². The highest BCUT2D eigenvalue weighted by molar-refractivity contribution is 7.92. The van der Waals surface area contributed by atoms with Crippen molar-refractivity contribution in [2.24, 2.45) is 0 Å². The highest BCUT2D eigenvalue weighted by atomic mass is 32.2. The van der Waals surface area contributed by atoms with E-state index in [-0.39, 0.29) is 4.90 Å². The van der Waals surface area contributed by atoms with Crippen molar-refractivity contribution in [3.05, 3.63) is 59.4 Å². The van der Waals surface area contributed by atoms with Gasteiger partial charge in [-0.3, -0.25) is 4.72 Å². The number of hydrogen-bond acceptors (Lipinski definition) is 2. The SMILES string of the molecule is CCCCCCc1ccc(S(=O)(=O)Nc2ccc(F)c(F)c2F)cc1. The zero-order chi connectivity index (χ0) is 18.4. The first-order chi connectivity index (χ1) is 11.8. The highest BCUT2D eigenvalue weighted by Crippen LogP contribution is 2.23. The lowest BCUT2D eigenvalue weighted by molar-refractivity contribution is 0.449. The standard InChI is InChI=1S/C18H20F3NO2S/c1-2-3-4-5-6-13-7-9-14(10-8-13)25(23,24)22-16-12-11-15(19)17(20)18(16)21/h7-12,22H,2-6H2,1H3. The molecule has 0 aliphatic rings. The maximum absolute atomic E-state index is 13.6. The largest absolute Gasteiger partial charge is 0.277 e. The molecule has 0 saturated heterocycles. The van der Waals surface area contributed by atoms with Crippen molar-refractivity contribution in [3.8, 4) is 0 Å². The Kier molecular flexibility index (Phi) is 6.47. The lowest BCUT2D eigenvalue weighted by atomic mass is 10.1. The molecule has 1 N–H and O–H groups in total. The van der Waals surface area contributed by atoms with Gasteiger partial charge in [-0.25, -0.2) is 21.6 Å². The van der Waals surface area contributed by atoms with Gasteiger partial charge in [0.1, 0.15) is 0 Å². The Hall–Kier alpha value is -2.02. The van der Waals surface area contributed by atoms with Gasteiger partial charge in [-0.1, -0.05) is 38.3 Å². The molecular formula is C18H20F3NO2S. The van der Waals surface area contributed by atoms with Crippen LogP contribution in [0, 0.1) is 17.5 Å². The van der Waals surface area contributed by atoms with Crippen LogP contribution in [0.25, 0.3) is 0 Å². The predicted octanol–water partition coefficient (Wildman–Crippen LogP) is 5.03. The summed E-state index contributed by atoms with van der Waals surface area (Å²) in [5.41, 5.74) is 0.372. The van der Waals surface area contributed by atoms with Gasteiger partial charge in [0.2, 0.25) is 0 Å². The summed E-state index contributed by atoms with van der Waals surface area (Å²) in [6.07, 6.45) is 5.30. The second kappa shape index (κ2) is 8.38. The normalized spacial score (nSPS) is 11.5. The second-order valence-corrected chi connectivity index (χ2v) is 7.47. The molecule has 0 saturated carbocycles. The molecule has 3 nitrogen and oxygen atoms in total. The van der Waals surface area contributed by atoms with Crippen LogP contribution in [0.1, 0.15) is 38.2 Å². The molecule has 0 aliphatic heterocycles. The van der Waals surface area contributed by atoms with Crippen LogP contribution in [0.15, 0.2) is 41.3 Å². The molecule has 7 heteroatoms. The van der Waals surface area contributed by atoms with Gasteiger partial charge in [0.25, 0.3) is 10.0 Å². The number of anilines is 1. The average molecular weight is 371 g/mol. The van der Waals surface area contributed by atoms with E-state index >= 15 is 0 Å². The summed E-state index contributed by atoms with van der Waals surface area (Å²) < 4.78 is 66.2. The summed E-state index contributed by atoms with van der Waals surface area (Å²) in [6.45, 7) is 2.13. The first-order valence-corrected chi connectivity index (χ1v) is 9.58. The van der Waals surface area contributed by atoms with Crippen LogP contribution in [0.5, 0.6) is 0 Å². The lowest BCUT2D eigenvalue weighted by Crippen LogP contribution is -2.14. The molecule has 136 valence electrons. The number of sulfonamides is 1. The number of aryl methyl sites for hydroxylation is 1. The molecule has 2 aromatic carbocycles. The summed E-state index contributed by atoms with van der Waals surface area (Å²) in [5.74, 6) is -4.67. The number of unbranched alkanes of at least 4 members (excludes halogenated alkanes) is 3. The third-order valence-electron chi connectivity index (χ3n) is 3.83. The van der Waals surface area contributed by atoms with Gasteiger partial charge in [-0.2, -0.15) is 0 Å². The number of halogens is 3. The minimum Gasteiger partial charge on any atom is -0.277 e.